The van der Waals surface area contributed by atoms with E-state index in [-0.39, 0.29) is 12.5 Å². The second kappa shape index (κ2) is 3.06. The molecular formula is C6H12N2O3. The molecule has 0 spiro atoms. The number of amides is 1. The molecule has 4 N–H and O–H groups in total. The number of nitrogens with two attached hydrogens (primary N) is 1. The van der Waals surface area contributed by atoms with Crippen LogP contribution in [0.1, 0.15) is 0 Å². The molecule has 1 heterocycles. The van der Waals surface area contributed by atoms with Gasteiger partial charge >= 0.3 is 6.09 Å². The van der Waals surface area contributed by atoms with Crippen molar-refractivity contribution in [2.45, 2.75) is 6.10 Å². The van der Waals surface area contributed by atoms with Crippen LogP contribution in [0.3, 0.4) is 0 Å². The molecule has 11 heavy (non-hydrogen) atoms. The van der Waals surface area contributed by atoms with Gasteiger partial charge in [-0.1, -0.05) is 0 Å². The van der Waals surface area contributed by atoms with Crippen molar-refractivity contribution >= 4 is 6.09 Å². The highest BCUT2D eigenvalue weighted by Crippen LogP contribution is 2.15. The van der Waals surface area contributed by atoms with E-state index in [9.17, 15) is 9.90 Å². The van der Waals surface area contributed by atoms with E-state index in [1.165, 1.54) is 4.90 Å². The number of aliphatic hydroxyl groups is 1. The van der Waals surface area contributed by atoms with E-state index in [2.05, 4.69) is 0 Å². The van der Waals surface area contributed by atoms with Crippen LogP contribution in [0, 0.1) is 5.92 Å². The summed E-state index contributed by atoms with van der Waals surface area (Å²) in [5.41, 5.74) is 5.31. The molecule has 1 saturated heterocycles. The van der Waals surface area contributed by atoms with Crippen LogP contribution in [0.5, 0.6) is 0 Å². The van der Waals surface area contributed by atoms with Gasteiger partial charge in [-0.25, -0.2) is 4.79 Å². The first-order valence-corrected chi connectivity index (χ1v) is 3.51. The minimum Gasteiger partial charge on any atom is -0.465 e. The van der Waals surface area contributed by atoms with Crippen LogP contribution in [-0.2, 0) is 0 Å². The molecular weight excluding hydrogens is 148 g/mol. The molecule has 5 heteroatoms. The summed E-state index contributed by atoms with van der Waals surface area (Å²) in [7, 11) is 0. The Morgan fingerprint density at radius 1 is 1.64 bits per heavy atom. The second-order valence-corrected chi connectivity index (χ2v) is 2.75. The van der Waals surface area contributed by atoms with E-state index < -0.39 is 12.2 Å². The van der Waals surface area contributed by atoms with Crippen molar-refractivity contribution in [3.8, 4) is 0 Å². The number of nitrogens with zero attached hydrogens (tertiary/aromatic N) is 1. The molecule has 1 fully saturated rings. The van der Waals surface area contributed by atoms with Gasteiger partial charge in [-0.15, -0.1) is 0 Å². The third-order valence-corrected chi connectivity index (χ3v) is 1.98. The van der Waals surface area contributed by atoms with Crippen molar-refractivity contribution < 1.29 is 15.0 Å². The van der Waals surface area contributed by atoms with Gasteiger partial charge in [0.15, 0.2) is 0 Å². The molecule has 64 valence electrons. The van der Waals surface area contributed by atoms with E-state index >= 15 is 0 Å². The van der Waals surface area contributed by atoms with Gasteiger partial charge in [0, 0.05) is 12.5 Å². The predicted molar refractivity (Wildman–Crippen MR) is 38.1 cm³/mol. The Morgan fingerprint density at radius 3 is 2.55 bits per heavy atom. The van der Waals surface area contributed by atoms with Crippen LogP contribution < -0.4 is 5.73 Å². The number of carboxylic acid groups (broad SMARTS) is 1. The molecule has 1 aliphatic heterocycles. The van der Waals surface area contributed by atoms with Gasteiger partial charge in [-0.2, -0.15) is 0 Å². The molecule has 0 radical (unpaired) electrons. The summed E-state index contributed by atoms with van der Waals surface area (Å²) >= 11 is 0. The lowest BCUT2D eigenvalue weighted by Crippen LogP contribution is -2.27. The summed E-state index contributed by atoms with van der Waals surface area (Å²) in [6, 6.07) is 0. The van der Waals surface area contributed by atoms with Crippen molar-refractivity contribution in [1.82, 2.24) is 4.90 Å². The Bertz CT molecular complexity index is 162. The zero-order chi connectivity index (χ0) is 8.43. The Kier molecular flexibility index (Phi) is 2.31. The first-order chi connectivity index (χ1) is 5.15. The quantitative estimate of drug-likeness (QED) is 0.455. The van der Waals surface area contributed by atoms with Crippen molar-refractivity contribution in [3.05, 3.63) is 0 Å². The lowest BCUT2D eigenvalue weighted by Gasteiger charge is -2.09. The van der Waals surface area contributed by atoms with Crippen molar-refractivity contribution in [2.24, 2.45) is 11.7 Å². The maximum atomic E-state index is 10.4. The standard InChI is InChI=1S/C6H12N2O3/c7-1-4-2-8(6(10)11)3-5(4)9/h4-5,9H,1-3,7H2,(H,10,11). The minimum atomic E-state index is -0.986. The first-order valence-electron chi connectivity index (χ1n) is 3.51. The lowest BCUT2D eigenvalue weighted by atomic mass is 10.1. The number of hydrogen-bond donors (Lipinski definition) is 3. The zero-order valence-electron chi connectivity index (χ0n) is 6.10. The monoisotopic (exact) mass is 160 g/mol. The second-order valence-electron chi connectivity index (χ2n) is 2.75. The summed E-state index contributed by atoms with van der Waals surface area (Å²) in [6.07, 6.45) is -1.57. The molecule has 2 unspecified atom stereocenters. The molecule has 0 aromatic rings. The normalized spacial score (nSPS) is 30.9. The van der Waals surface area contributed by atoms with Crippen LogP contribution in [0.4, 0.5) is 4.79 Å². The van der Waals surface area contributed by atoms with Gasteiger partial charge in [-0.05, 0) is 6.54 Å². The molecule has 0 saturated carbocycles. The molecule has 1 aliphatic rings. The summed E-state index contributed by atoms with van der Waals surface area (Å²) in [5, 5.41) is 17.7. The summed E-state index contributed by atoms with van der Waals surface area (Å²) in [6.45, 7) is 0.884. The van der Waals surface area contributed by atoms with Gasteiger partial charge in [0.1, 0.15) is 0 Å². The largest absolute Gasteiger partial charge is 0.465 e. The van der Waals surface area contributed by atoms with Crippen LogP contribution in [-0.4, -0.2) is 46.9 Å². The Labute approximate surface area is 64.4 Å². The Hall–Kier alpha value is -0.810. The van der Waals surface area contributed by atoms with Gasteiger partial charge in [0.05, 0.1) is 12.6 Å². The van der Waals surface area contributed by atoms with Crippen molar-refractivity contribution in [1.29, 1.82) is 0 Å². The summed E-state index contributed by atoms with van der Waals surface area (Å²) in [5.74, 6) is -0.0916. The van der Waals surface area contributed by atoms with E-state index in [0.29, 0.717) is 13.1 Å². The molecule has 1 rings (SSSR count). The average Bonchev–Trinajstić information content (AvgIpc) is 2.31. The summed E-state index contributed by atoms with van der Waals surface area (Å²) in [4.78, 5) is 11.6. The molecule has 0 aliphatic carbocycles. The number of aliphatic hydroxyl groups excluding tert-OH is 1. The number of β-amino-alcohol motifs (C(OH)–C–C–N with tert-alkyl or cyclic N) is 1. The van der Waals surface area contributed by atoms with E-state index in [1.54, 1.807) is 0 Å². The number of rotatable bonds is 1. The Morgan fingerprint density at radius 2 is 2.27 bits per heavy atom. The van der Waals surface area contributed by atoms with Gasteiger partial charge in [-0.3, -0.25) is 0 Å². The van der Waals surface area contributed by atoms with Crippen LogP contribution in [0.15, 0.2) is 0 Å². The van der Waals surface area contributed by atoms with Crippen molar-refractivity contribution in [2.75, 3.05) is 19.6 Å². The highest BCUT2D eigenvalue weighted by atomic mass is 16.4. The fourth-order valence-electron chi connectivity index (χ4n) is 1.24. The third-order valence-electron chi connectivity index (χ3n) is 1.98. The fraction of sp³-hybridized carbons (Fsp3) is 0.833. The van der Waals surface area contributed by atoms with Crippen LogP contribution in [0.25, 0.3) is 0 Å². The topological polar surface area (TPSA) is 86.8 Å². The van der Waals surface area contributed by atoms with Crippen LogP contribution >= 0.6 is 0 Å². The predicted octanol–water partition coefficient (Wildman–Crippen LogP) is -1.08. The average molecular weight is 160 g/mol. The molecule has 5 nitrogen and oxygen atoms in total. The molecule has 2 atom stereocenters. The molecule has 0 bridgehead atoms. The number of likely N-dealkylation sites (tertiary alicyclic amines) is 1. The highest BCUT2D eigenvalue weighted by Gasteiger charge is 2.32. The maximum Gasteiger partial charge on any atom is 0.407 e. The highest BCUT2D eigenvalue weighted by molar-refractivity contribution is 5.65. The zero-order valence-corrected chi connectivity index (χ0v) is 6.10. The minimum absolute atomic E-state index is 0.0916. The number of carbonyl (C=O) groups is 1. The fourth-order valence-corrected chi connectivity index (χ4v) is 1.24. The van der Waals surface area contributed by atoms with Gasteiger partial charge < -0.3 is 20.8 Å². The number of hydrogen-bond acceptors (Lipinski definition) is 3. The Balaban J connectivity index is 2.49. The van der Waals surface area contributed by atoms with Gasteiger partial charge in [0.2, 0.25) is 0 Å². The van der Waals surface area contributed by atoms with Crippen molar-refractivity contribution in [3.63, 3.8) is 0 Å². The van der Waals surface area contributed by atoms with Gasteiger partial charge in [0.25, 0.3) is 0 Å². The van der Waals surface area contributed by atoms with E-state index in [0.717, 1.165) is 0 Å². The molecule has 0 aromatic carbocycles. The lowest BCUT2D eigenvalue weighted by molar-refractivity contribution is 0.133. The van der Waals surface area contributed by atoms with E-state index in [1.807, 2.05) is 0 Å². The molecule has 1 amide bonds. The van der Waals surface area contributed by atoms with Crippen LogP contribution in [0.2, 0.25) is 0 Å². The third kappa shape index (κ3) is 1.61. The summed E-state index contributed by atoms with van der Waals surface area (Å²) < 4.78 is 0. The SMILES string of the molecule is NCC1CN(C(=O)O)CC1O. The maximum absolute atomic E-state index is 10.4. The van der Waals surface area contributed by atoms with E-state index in [4.69, 9.17) is 10.8 Å². The first kappa shape index (κ1) is 8.29. The smallest absolute Gasteiger partial charge is 0.407 e. The molecule has 0 aromatic heterocycles.